The van der Waals surface area contributed by atoms with E-state index in [0.717, 1.165) is 70.4 Å². The summed E-state index contributed by atoms with van der Waals surface area (Å²) in [6.07, 6.45) is 0.955. The van der Waals surface area contributed by atoms with E-state index in [1.54, 1.807) is 0 Å². The van der Waals surface area contributed by atoms with Gasteiger partial charge in [0, 0.05) is 39.3 Å². The van der Waals surface area contributed by atoms with Crippen LogP contribution in [0.2, 0.25) is 0 Å². The van der Waals surface area contributed by atoms with Gasteiger partial charge in [-0.2, -0.15) is 5.10 Å². The largest absolute Gasteiger partial charge is 0.379 e. The lowest BCUT2D eigenvalue weighted by Crippen LogP contribution is -2.51. The standard InChI is InChI=1S/C17H27N5O2/c1-14-4-5-16(19-18-14)21-6-3-7-22(9-8-21)17(23)15(2)20-10-12-24-13-11-20/h4-5,15H,3,6-13H2,1-2H3. The van der Waals surface area contributed by atoms with Crippen LogP contribution in [0.3, 0.4) is 0 Å². The fourth-order valence-electron chi connectivity index (χ4n) is 3.31. The molecule has 0 aromatic carbocycles. The molecule has 2 aliphatic rings. The van der Waals surface area contributed by atoms with E-state index in [2.05, 4.69) is 20.0 Å². The second-order valence-corrected chi connectivity index (χ2v) is 6.52. The molecular weight excluding hydrogens is 306 g/mol. The molecule has 3 rings (SSSR count). The molecule has 132 valence electrons. The molecule has 3 heterocycles. The lowest BCUT2D eigenvalue weighted by molar-refractivity contribution is -0.137. The molecule has 0 spiro atoms. The van der Waals surface area contributed by atoms with Crippen molar-refractivity contribution in [2.75, 3.05) is 57.4 Å². The highest BCUT2D eigenvalue weighted by molar-refractivity contribution is 5.81. The van der Waals surface area contributed by atoms with Crippen LogP contribution in [0.5, 0.6) is 0 Å². The minimum atomic E-state index is -0.0698. The lowest BCUT2D eigenvalue weighted by Gasteiger charge is -2.34. The van der Waals surface area contributed by atoms with Crippen molar-refractivity contribution in [3.05, 3.63) is 17.8 Å². The van der Waals surface area contributed by atoms with Gasteiger partial charge in [-0.1, -0.05) is 0 Å². The van der Waals surface area contributed by atoms with Crippen LogP contribution >= 0.6 is 0 Å². The number of hydrogen-bond donors (Lipinski definition) is 0. The number of rotatable bonds is 3. The van der Waals surface area contributed by atoms with Crippen LogP contribution in [0.25, 0.3) is 0 Å². The number of ether oxygens (including phenoxy) is 1. The summed E-state index contributed by atoms with van der Waals surface area (Å²) in [5.41, 5.74) is 0.921. The first-order valence-corrected chi connectivity index (χ1v) is 8.81. The molecule has 2 saturated heterocycles. The van der Waals surface area contributed by atoms with Crippen LogP contribution in [0.4, 0.5) is 5.82 Å². The normalized spacial score (nSPS) is 21.4. The summed E-state index contributed by atoms with van der Waals surface area (Å²) in [5, 5.41) is 8.41. The van der Waals surface area contributed by atoms with Crippen molar-refractivity contribution in [2.24, 2.45) is 0 Å². The monoisotopic (exact) mass is 333 g/mol. The quantitative estimate of drug-likeness (QED) is 0.805. The molecule has 24 heavy (non-hydrogen) atoms. The van der Waals surface area contributed by atoms with Gasteiger partial charge >= 0.3 is 0 Å². The molecule has 0 N–H and O–H groups in total. The van der Waals surface area contributed by atoms with E-state index in [1.807, 2.05) is 30.9 Å². The van der Waals surface area contributed by atoms with E-state index in [4.69, 9.17) is 4.74 Å². The van der Waals surface area contributed by atoms with Crippen LogP contribution < -0.4 is 4.90 Å². The first-order valence-electron chi connectivity index (χ1n) is 8.81. The van der Waals surface area contributed by atoms with Gasteiger partial charge in [0.2, 0.25) is 5.91 Å². The van der Waals surface area contributed by atoms with Gasteiger partial charge in [-0.25, -0.2) is 0 Å². The topological polar surface area (TPSA) is 61.8 Å². The molecule has 1 aromatic heterocycles. The molecule has 7 nitrogen and oxygen atoms in total. The lowest BCUT2D eigenvalue weighted by atomic mass is 10.2. The fraction of sp³-hybridized carbons (Fsp3) is 0.706. The molecule has 1 amide bonds. The van der Waals surface area contributed by atoms with E-state index in [0.29, 0.717) is 0 Å². The molecule has 7 heteroatoms. The predicted molar refractivity (Wildman–Crippen MR) is 92.0 cm³/mol. The van der Waals surface area contributed by atoms with Gasteiger partial charge in [-0.3, -0.25) is 9.69 Å². The summed E-state index contributed by atoms with van der Waals surface area (Å²) >= 11 is 0. The van der Waals surface area contributed by atoms with Gasteiger partial charge in [0.1, 0.15) is 0 Å². The molecular formula is C17H27N5O2. The Morgan fingerprint density at radius 3 is 2.58 bits per heavy atom. The average Bonchev–Trinajstić information content (AvgIpc) is 2.88. The SMILES string of the molecule is Cc1ccc(N2CCCN(C(=O)C(C)N3CCOCC3)CC2)nn1. The summed E-state index contributed by atoms with van der Waals surface area (Å²) in [4.78, 5) is 19.3. The minimum Gasteiger partial charge on any atom is -0.379 e. The van der Waals surface area contributed by atoms with Gasteiger partial charge < -0.3 is 14.5 Å². The van der Waals surface area contributed by atoms with Crippen molar-refractivity contribution < 1.29 is 9.53 Å². The predicted octanol–water partition coefficient (Wildman–Crippen LogP) is 0.544. The maximum atomic E-state index is 12.8. The number of carbonyl (C=O) groups is 1. The summed E-state index contributed by atoms with van der Waals surface area (Å²) in [6, 6.07) is 3.92. The average molecular weight is 333 g/mol. The Bertz CT molecular complexity index is 544. The number of aromatic nitrogens is 2. The Balaban J connectivity index is 1.58. The number of hydrogen-bond acceptors (Lipinski definition) is 6. The Morgan fingerprint density at radius 2 is 1.88 bits per heavy atom. The molecule has 2 fully saturated rings. The van der Waals surface area contributed by atoms with Crippen molar-refractivity contribution in [3.8, 4) is 0 Å². The van der Waals surface area contributed by atoms with Crippen molar-refractivity contribution in [1.82, 2.24) is 20.0 Å². The van der Waals surface area contributed by atoms with E-state index in [9.17, 15) is 4.79 Å². The molecule has 0 bridgehead atoms. The van der Waals surface area contributed by atoms with E-state index in [-0.39, 0.29) is 11.9 Å². The summed E-state index contributed by atoms with van der Waals surface area (Å²) in [6.45, 7) is 10.3. The number of carbonyl (C=O) groups excluding carboxylic acids is 1. The summed E-state index contributed by atoms with van der Waals surface area (Å²) in [5.74, 6) is 1.13. The number of anilines is 1. The molecule has 0 radical (unpaired) electrons. The Hall–Kier alpha value is -1.73. The fourth-order valence-corrected chi connectivity index (χ4v) is 3.31. The Kier molecular flexibility index (Phi) is 5.63. The number of aryl methyl sites for hydroxylation is 1. The Labute approximate surface area is 143 Å². The van der Waals surface area contributed by atoms with E-state index in [1.165, 1.54) is 0 Å². The number of morpholine rings is 1. The molecule has 1 atom stereocenters. The van der Waals surface area contributed by atoms with Crippen LogP contribution in [-0.2, 0) is 9.53 Å². The zero-order valence-corrected chi connectivity index (χ0v) is 14.6. The summed E-state index contributed by atoms with van der Waals surface area (Å²) < 4.78 is 5.38. The third-order valence-electron chi connectivity index (χ3n) is 4.87. The van der Waals surface area contributed by atoms with Gasteiger partial charge in [-0.15, -0.1) is 5.10 Å². The number of nitrogens with zero attached hydrogens (tertiary/aromatic N) is 5. The Morgan fingerprint density at radius 1 is 1.08 bits per heavy atom. The van der Waals surface area contributed by atoms with Gasteiger partial charge in [0.15, 0.2) is 5.82 Å². The molecule has 1 aromatic rings. The maximum absolute atomic E-state index is 12.8. The highest BCUT2D eigenvalue weighted by Crippen LogP contribution is 2.15. The smallest absolute Gasteiger partial charge is 0.239 e. The third-order valence-corrected chi connectivity index (χ3v) is 4.87. The van der Waals surface area contributed by atoms with Crippen LogP contribution in [0.15, 0.2) is 12.1 Å². The minimum absolute atomic E-state index is 0.0698. The maximum Gasteiger partial charge on any atom is 0.239 e. The van der Waals surface area contributed by atoms with E-state index < -0.39 is 0 Å². The van der Waals surface area contributed by atoms with Crippen molar-refractivity contribution >= 4 is 11.7 Å². The zero-order chi connectivity index (χ0) is 16.9. The van der Waals surface area contributed by atoms with Crippen LogP contribution in [0.1, 0.15) is 19.0 Å². The van der Waals surface area contributed by atoms with Crippen molar-refractivity contribution in [3.63, 3.8) is 0 Å². The van der Waals surface area contributed by atoms with Crippen molar-refractivity contribution in [2.45, 2.75) is 26.3 Å². The zero-order valence-electron chi connectivity index (χ0n) is 14.6. The van der Waals surface area contributed by atoms with Crippen molar-refractivity contribution in [1.29, 1.82) is 0 Å². The first kappa shape index (κ1) is 17.1. The molecule has 1 unspecified atom stereocenters. The third kappa shape index (κ3) is 4.02. The van der Waals surface area contributed by atoms with Gasteiger partial charge in [0.25, 0.3) is 0 Å². The molecule has 0 saturated carbocycles. The highest BCUT2D eigenvalue weighted by Gasteiger charge is 2.28. The first-order chi connectivity index (χ1) is 11.6. The van der Waals surface area contributed by atoms with E-state index >= 15 is 0 Å². The highest BCUT2D eigenvalue weighted by atomic mass is 16.5. The van der Waals surface area contributed by atoms with Crippen LogP contribution in [0, 0.1) is 6.92 Å². The van der Waals surface area contributed by atoms with Gasteiger partial charge in [-0.05, 0) is 32.4 Å². The number of amides is 1. The second kappa shape index (κ2) is 7.90. The van der Waals surface area contributed by atoms with Crippen LogP contribution in [-0.4, -0.2) is 84.4 Å². The molecule has 2 aliphatic heterocycles. The van der Waals surface area contributed by atoms with Gasteiger partial charge in [0.05, 0.1) is 24.9 Å². The molecule has 0 aliphatic carbocycles. The summed E-state index contributed by atoms with van der Waals surface area (Å²) in [7, 11) is 0. The second-order valence-electron chi connectivity index (χ2n) is 6.52.